The summed E-state index contributed by atoms with van der Waals surface area (Å²) in [7, 11) is 0. The molecule has 2 rings (SSSR count). The van der Waals surface area contributed by atoms with Crippen LogP contribution in [0.1, 0.15) is 218 Å². The summed E-state index contributed by atoms with van der Waals surface area (Å²) < 4.78 is 29.1. The third-order valence-corrected chi connectivity index (χ3v) is 11.9. The van der Waals surface area contributed by atoms with Gasteiger partial charge in [-0.25, -0.2) is 4.79 Å². The maximum atomic E-state index is 12.9. The van der Waals surface area contributed by atoms with Crippen molar-refractivity contribution in [3.05, 3.63) is 56.9 Å². The number of aromatic nitrogens is 2. The van der Waals surface area contributed by atoms with E-state index in [1.807, 2.05) is 0 Å². The molecule has 0 spiro atoms. The van der Waals surface area contributed by atoms with Gasteiger partial charge in [-0.1, -0.05) is 141 Å². The molecule has 1 aliphatic heterocycles. The summed E-state index contributed by atoms with van der Waals surface area (Å²) in [5.41, 5.74) is -0.738. The second-order valence-corrected chi connectivity index (χ2v) is 18.2. The fourth-order valence-corrected chi connectivity index (χ4v) is 7.77. The number of ether oxygens (including phenoxy) is 5. The normalized spacial score (nSPS) is 15.1. The van der Waals surface area contributed by atoms with Gasteiger partial charge in [0.2, 0.25) is 0 Å². The van der Waals surface area contributed by atoms with E-state index in [0.717, 1.165) is 77.0 Å². The zero-order valence-electron chi connectivity index (χ0n) is 41.8. The second kappa shape index (κ2) is 39.9. The molecule has 0 radical (unpaired) electrons. The number of nitrogens with zero attached hydrogens (tertiary/aromatic N) is 1. The van der Waals surface area contributed by atoms with Gasteiger partial charge in [0.1, 0.15) is 25.9 Å². The van der Waals surface area contributed by atoms with Gasteiger partial charge < -0.3 is 29.0 Å². The van der Waals surface area contributed by atoms with Crippen LogP contribution in [0.2, 0.25) is 0 Å². The summed E-state index contributed by atoms with van der Waals surface area (Å²) in [5.74, 6) is -2.21. The van der Waals surface area contributed by atoms with Crippen LogP contribution >= 0.6 is 0 Å². The molecule has 1 aliphatic rings. The highest BCUT2D eigenvalue weighted by atomic mass is 16.6. The van der Waals surface area contributed by atoms with E-state index in [-0.39, 0.29) is 45.5 Å². The molecule has 0 aliphatic carbocycles. The second-order valence-electron chi connectivity index (χ2n) is 18.2. The van der Waals surface area contributed by atoms with Crippen molar-refractivity contribution >= 4 is 23.9 Å². The first-order valence-corrected chi connectivity index (χ1v) is 26.3. The van der Waals surface area contributed by atoms with Crippen LogP contribution in [0.5, 0.6) is 0 Å². The molecular weight excluding hydrogens is 855 g/mol. The quantitative estimate of drug-likeness (QED) is 0.0275. The number of unbranched alkanes of at least 4 members (excludes halogenated alkanes) is 22. The maximum Gasteiger partial charge on any atom is 0.330 e. The van der Waals surface area contributed by atoms with Gasteiger partial charge in [0, 0.05) is 37.7 Å². The number of hydrogen-bond acceptors (Lipinski definition) is 12. The lowest BCUT2D eigenvalue weighted by Gasteiger charge is -2.31. The minimum atomic E-state index is -1.03. The van der Waals surface area contributed by atoms with Gasteiger partial charge in [-0.3, -0.25) is 33.5 Å². The van der Waals surface area contributed by atoms with Gasteiger partial charge in [-0.05, 0) is 71.1 Å². The van der Waals surface area contributed by atoms with Gasteiger partial charge in [0.05, 0.1) is 12.8 Å². The lowest BCUT2D eigenvalue weighted by Crippen LogP contribution is -2.48. The number of aromatic amines is 1. The summed E-state index contributed by atoms with van der Waals surface area (Å²) in [6, 6.07) is 0. The Balaban J connectivity index is 1.71. The molecule has 0 unspecified atom stereocenters. The molecule has 0 amide bonds. The molecular formula is C53H89N3O11. The Morgan fingerprint density at radius 3 is 1.52 bits per heavy atom. The summed E-state index contributed by atoms with van der Waals surface area (Å²) >= 11 is 0. The first kappa shape index (κ1) is 59.1. The van der Waals surface area contributed by atoms with Crippen molar-refractivity contribution in [2.45, 2.75) is 232 Å². The third kappa shape index (κ3) is 31.6. The number of carbonyl (C=O) groups excluding carboxylic acids is 4. The van der Waals surface area contributed by atoms with Crippen molar-refractivity contribution in [2.24, 2.45) is 0 Å². The van der Waals surface area contributed by atoms with Crippen molar-refractivity contribution in [2.75, 3.05) is 32.9 Å². The van der Waals surface area contributed by atoms with Gasteiger partial charge in [0.25, 0.3) is 5.56 Å². The molecule has 1 aromatic rings. The molecule has 2 N–H and O–H groups in total. The Labute approximate surface area is 402 Å². The lowest BCUT2D eigenvalue weighted by atomic mass is 10.1. The summed E-state index contributed by atoms with van der Waals surface area (Å²) in [6.07, 6.45) is 38.2. The van der Waals surface area contributed by atoms with Crippen LogP contribution in [0, 0.1) is 6.92 Å². The molecule has 1 fully saturated rings. The molecule has 2 atom stereocenters. The van der Waals surface area contributed by atoms with E-state index in [2.05, 4.69) is 48.5 Å². The number of esters is 4. The lowest BCUT2D eigenvalue weighted by molar-refractivity contribution is -0.168. The highest BCUT2D eigenvalue weighted by Gasteiger charge is 2.26. The number of carbonyl (C=O) groups is 4. The molecule has 14 heteroatoms. The van der Waals surface area contributed by atoms with Crippen LogP contribution in [-0.2, 0) is 42.9 Å². The zero-order chi connectivity index (χ0) is 48.6. The van der Waals surface area contributed by atoms with Crippen LogP contribution in [0.4, 0.5) is 0 Å². The highest BCUT2D eigenvalue weighted by Crippen LogP contribution is 2.16. The Hall–Kier alpha value is -4.04. The number of allylic oxidation sites excluding steroid dienone is 4. The average molecular weight is 944 g/mol. The summed E-state index contributed by atoms with van der Waals surface area (Å²) in [4.78, 5) is 77.2. The molecule has 382 valence electrons. The molecule has 1 saturated heterocycles. The number of H-pyrrole nitrogens is 1. The van der Waals surface area contributed by atoms with Crippen molar-refractivity contribution in [1.29, 1.82) is 0 Å². The van der Waals surface area contributed by atoms with Gasteiger partial charge >= 0.3 is 29.6 Å². The smallest absolute Gasteiger partial charge is 0.330 e. The largest absolute Gasteiger partial charge is 0.463 e. The van der Waals surface area contributed by atoms with E-state index in [4.69, 9.17) is 23.7 Å². The number of rotatable bonds is 41. The average Bonchev–Trinajstić information content (AvgIpc) is 3.32. The molecule has 0 bridgehead atoms. The Kier molecular flexibility index (Phi) is 35.2. The van der Waals surface area contributed by atoms with Crippen molar-refractivity contribution in [1.82, 2.24) is 14.9 Å². The Bertz CT molecular complexity index is 1600. The molecule has 0 aromatic carbocycles. The fraction of sp³-hybridized carbons (Fsp3) is 0.774. The van der Waals surface area contributed by atoms with Crippen molar-refractivity contribution in [3.63, 3.8) is 0 Å². The van der Waals surface area contributed by atoms with Gasteiger partial charge in [-0.15, -0.1) is 0 Å². The van der Waals surface area contributed by atoms with E-state index in [1.54, 1.807) is 6.92 Å². The molecule has 2 heterocycles. The van der Waals surface area contributed by atoms with Crippen LogP contribution in [0.15, 0.2) is 40.1 Å². The first-order chi connectivity index (χ1) is 32.6. The monoisotopic (exact) mass is 944 g/mol. The maximum absolute atomic E-state index is 12.9. The zero-order valence-corrected chi connectivity index (χ0v) is 41.8. The standard InChI is InChI=1S/C53H89N3O11/c1-4-6-8-10-12-14-16-18-20-22-24-26-28-30-32-34-48(57)64-42-46(43-65-49(58)35-33-31-29-27-25-23-21-19-17-15-13-11-9-7-5-2)67-51(60)37-36-50(59)63-41-45-38-54-39-47(66-45)56-40-44(3)52(61)55-53(56)62/h18-21,40,45-47,54H,4-17,22-39,41-43H2,1-3H3,(H,55,61,62)/b20-18-,21-19-/t45-,47+/m0/s1. The van der Waals surface area contributed by atoms with Crippen molar-refractivity contribution in [3.8, 4) is 0 Å². The fourth-order valence-electron chi connectivity index (χ4n) is 7.77. The summed E-state index contributed by atoms with van der Waals surface area (Å²) in [5, 5.41) is 3.13. The number of aryl methyl sites for hydroxylation is 1. The van der Waals surface area contributed by atoms with E-state index in [1.165, 1.54) is 87.8 Å². The predicted octanol–water partition coefficient (Wildman–Crippen LogP) is 10.7. The number of nitrogens with one attached hydrogen (secondary N) is 2. The topological polar surface area (TPSA) is 181 Å². The molecule has 1 aromatic heterocycles. The van der Waals surface area contributed by atoms with E-state index >= 15 is 0 Å². The third-order valence-electron chi connectivity index (χ3n) is 11.9. The molecule has 67 heavy (non-hydrogen) atoms. The molecule has 14 nitrogen and oxygen atoms in total. The van der Waals surface area contributed by atoms with E-state index in [9.17, 15) is 28.8 Å². The Morgan fingerprint density at radius 2 is 1.03 bits per heavy atom. The van der Waals surface area contributed by atoms with Crippen LogP contribution in [0.3, 0.4) is 0 Å². The molecule has 0 saturated carbocycles. The minimum Gasteiger partial charge on any atom is -0.463 e. The Morgan fingerprint density at radius 1 is 0.597 bits per heavy atom. The van der Waals surface area contributed by atoms with Gasteiger partial charge in [-0.2, -0.15) is 0 Å². The minimum absolute atomic E-state index is 0.129. The number of morpholine rings is 1. The van der Waals surface area contributed by atoms with Gasteiger partial charge in [0.15, 0.2) is 12.3 Å². The number of hydrogen-bond donors (Lipinski definition) is 2. The first-order valence-electron chi connectivity index (χ1n) is 26.3. The van der Waals surface area contributed by atoms with Crippen LogP contribution < -0.4 is 16.6 Å². The predicted molar refractivity (Wildman–Crippen MR) is 264 cm³/mol. The van der Waals surface area contributed by atoms with E-state index < -0.39 is 53.6 Å². The van der Waals surface area contributed by atoms with Crippen molar-refractivity contribution < 1.29 is 42.9 Å². The highest BCUT2D eigenvalue weighted by molar-refractivity contribution is 5.77. The van der Waals surface area contributed by atoms with E-state index in [0.29, 0.717) is 31.5 Å². The summed E-state index contributed by atoms with van der Waals surface area (Å²) in [6.45, 7) is 6.06. The van der Waals surface area contributed by atoms with Crippen LogP contribution in [-0.4, -0.2) is 78.5 Å². The van der Waals surface area contributed by atoms with Crippen LogP contribution in [0.25, 0.3) is 0 Å². The SMILES string of the molecule is CCCCCCCC/C=C\CCCCCCCC(=O)OCC(COC(=O)CCCCCCC/C=C\CCCCCCCC)OC(=O)CCC(=O)OC[C@@H]1CNC[C@H](n2cc(C)c(=O)[nH]c2=O)O1.